The highest BCUT2D eigenvalue weighted by Gasteiger charge is 2.43. The molecule has 0 spiro atoms. The van der Waals surface area contributed by atoms with Crippen LogP contribution in [0.3, 0.4) is 0 Å². The number of nitrogens with zero attached hydrogens (tertiary/aromatic N) is 1. The lowest BCUT2D eigenvalue weighted by molar-refractivity contribution is -0.162. The second-order valence-electron chi connectivity index (χ2n) is 4.16. The summed E-state index contributed by atoms with van der Waals surface area (Å²) in [6.07, 6.45) is -7.44. The molecule has 2 rings (SSSR count). The van der Waals surface area contributed by atoms with E-state index < -0.39 is 23.5 Å². The topological polar surface area (TPSA) is 4.93 Å². The Morgan fingerprint density at radius 3 is 1.95 bits per heavy atom. The van der Waals surface area contributed by atoms with Crippen molar-refractivity contribution in [2.45, 2.75) is 12.4 Å². The number of aromatic nitrogens is 1. The Balaban J connectivity index is 2.64. The van der Waals surface area contributed by atoms with Gasteiger partial charge >= 0.3 is 12.4 Å². The average Bonchev–Trinajstić information content (AvgIpc) is 2.72. The van der Waals surface area contributed by atoms with E-state index in [0.717, 1.165) is 6.07 Å². The van der Waals surface area contributed by atoms with Crippen molar-refractivity contribution in [2.75, 3.05) is 0 Å². The Morgan fingerprint density at radius 1 is 0.900 bits per heavy atom. The number of hydrogen-bond acceptors (Lipinski definition) is 0. The Bertz CT molecular complexity index is 621. The average molecular weight is 292 g/mol. The van der Waals surface area contributed by atoms with Gasteiger partial charge in [0, 0.05) is 12.7 Å². The van der Waals surface area contributed by atoms with Crippen molar-refractivity contribution in [1.82, 2.24) is 4.57 Å². The number of rotatable bonds is 1. The molecule has 0 saturated heterocycles. The lowest BCUT2D eigenvalue weighted by Gasteiger charge is -2.16. The highest BCUT2D eigenvalue weighted by Crippen LogP contribution is 2.41. The predicted molar refractivity (Wildman–Crippen MR) is 59.7 cm³/mol. The molecule has 7 heteroatoms. The number of halogens is 6. The molecule has 0 aliphatic heterocycles. The summed E-state index contributed by atoms with van der Waals surface area (Å²) < 4.78 is 77.6. The molecule has 1 nitrogen and oxygen atoms in total. The number of alkyl halides is 6. The largest absolute Gasteiger partial charge is 0.417 e. The summed E-state index contributed by atoms with van der Waals surface area (Å²) in [5.74, 6) is 0. The van der Waals surface area contributed by atoms with Gasteiger partial charge in [0.25, 0.3) is 0 Å². The summed E-state index contributed by atoms with van der Waals surface area (Å²) in [5, 5.41) is 0. The van der Waals surface area contributed by atoms with E-state index in [4.69, 9.17) is 0 Å². The van der Waals surface area contributed by atoms with Crippen LogP contribution in [-0.2, 0) is 19.4 Å². The lowest BCUT2D eigenvalue weighted by atomic mass is 10.0. The molecule has 0 saturated carbocycles. The van der Waals surface area contributed by atoms with Gasteiger partial charge in [-0.2, -0.15) is 26.3 Å². The molecular formula is C13H8F6N. The second-order valence-corrected chi connectivity index (χ2v) is 4.16. The molecule has 1 aromatic heterocycles. The molecule has 0 atom stereocenters. The maximum absolute atomic E-state index is 12.8. The van der Waals surface area contributed by atoms with Gasteiger partial charge in [-0.05, 0) is 29.8 Å². The van der Waals surface area contributed by atoms with E-state index in [9.17, 15) is 26.3 Å². The molecule has 1 radical (unpaired) electrons. The van der Waals surface area contributed by atoms with Crippen LogP contribution in [-0.4, -0.2) is 4.57 Å². The van der Waals surface area contributed by atoms with Gasteiger partial charge in [0.2, 0.25) is 0 Å². The molecule has 107 valence electrons. The quantitative estimate of drug-likeness (QED) is 0.681. The summed E-state index contributed by atoms with van der Waals surface area (Å²) in [4.78, 5) is 0. The molecule has 0 aliphatic carbocycles. The number of benzene rings is 1. The molecule has 1 aromatic carbocycles. The molecule has 1 heterocycles. The zero-order valence-electron chi connectivity index (χ0n) is 10.1. The van der Waals surface area contributed by atoms with Gasteiger partial charge < -0.3 is 4.57 Å². The van der Waals surface area contributed by atoms with Gasteiger partial charge in [-0.3, -0.25) is 0 Å². The predicted octanol–water partition coefficient (Wildman–Crippen LogP) is 4.53. The maximum Gasteiger partial charge on any atom is 0.417 e. The van der Waals surface area contributed by atoms with Gasteiger partial charge in [0.1, 0.15) is 0 Å². The van der Waals surface area contributed by atoms with Crippen LogP contribution in [0.15, 0.2) is 30.3 Å². The fourth-order valence-corrected chi connectivity index (χ4v) is 1.88. The highest BCUT2D eigenvalue weighted by molar-refractivity contribution is 5.62. The Kier molecular flexibility index (Phi) is 3.31. The van der Waals surface area contributed by atoms with E-state index in [2.05, 4.69) is 6.20 Å². The van der Waals surface area contributed by atoms with Crippen molar-refractivity contribution in [2.24, 2.45) is 7.05 Å². The third kappa shape index (κ3) is 2.66. The first-order chi connectivity index (χ1) is 9.10. The van der Waals surface area contributed by atoms with Crippen LogP contribution in [0.4, 0.5) is 26.3 Å². The van der Waals surface area contributed by atoms with Crippen LogP contribution in [0, 0.1) is 6.20 Å². The van der Waals surface area contributed by atoms with E-state index in [1.807, 2.05) is 0 Å². The minimum Gasteiger partial charge on any atom is -0.342 e. The molecule has 2 aromatic rings. The van der Waals surface area contributed by atoms with E-state index in [1.165, 1.54) is 16.7 Å². The molecular weight excluding hydrogens is 284 g/mol. The fourth-order valence-electron chi connectivity index (χ4n) is 1.88. The van der Waals surface area contributed by atoms with Crippen molar-refractivity contribution >= 4 is 0 Å². The van der Waals surface area contributed by atoms with Crippen molar-refractivity contribution < 1.29 is 26.3 Å². The van der Waals surface area contributed by atoms with Gasteiger partial charge in [-0.25, -0.2) is 0 Å². The number of hydrogen-bond donors (Lipinski definition) is 0. The summed E-state index contributed by atoms with van der Waals surface area (Å²) >= 11 is 0. The fraction of sp³-hybridized carbons (Fsp3) is 0.231. The monoisotopic (exact) mass is 292 g/mol. The number of aryl methyl sites for hydroxylation is 1. The SMILES string of the molecule is Cn1[c]ccc1-c1ccc(C(F)(F)F)c(C(F)(F)F)c1. The molecule has 20 heavy (non-hydrogen) atoms. The van der Waals surface area contributed by atoms with Crippen LogP contribution in [0.25, 0.3) is 11.3 Å². The molecule has 0 aliphatic rings. The van der Waals surface area contributed by atoms with E-state index in [-0.39, 0.29) is 5.56 Å². The minimum absolute atomic E-state index is 0.0501. The Morgan fingerprint density at radius 2 is 1.50 bits per heavy atom. The first kappa shape index (κ1) is 14.5. The van der Waals surface area contributed by atoms with Crippen molar-refractivity contribution in [3.63, 3.8) is 0 Å². The van der Waals surface area contributed by atoms with Crippen LogP contribution in [0.1, 0.15) is 11.1 Å². The zero-order chi connectivity index (χ0) is 15.1. The van der Waals surface area contributed by atoms with Crippen LogP contribution >= 0.6 is 0 Å². The normalized spacial score (nSPS) is 12.8. The van der Waals surface area contributed by atoms with E-state index >= 15 is 0 Å². The summed E-state index contributed by atoms with van der Waals surface area (Å²) in [5.41, 5.74) is -2.98. The van der Waals surface area contributed by atoms with Crippen molar-refractivity contribution in [3.05, 3.63) is 47.7 Å². The summed E-state index contributed by atoms with van der Waals surface area (Å²) in [6, 6.07) is 4.92. The van der Waals surface area contributed by atoms with Crippen molar-refractivity contribution in [3.8, 4) is 11.3 Å². The smallest absolute Gasteiger partial charge is 0.342 e. The van der Waals surface area contributed by atoms with Gasteiger partial charge in [-0.15, -0.1) is 0 Å². The first-order valence-electron chi connectivity index (χ1n) is 5.43. The third-order valence-electron chi connectivity index (χ3n) is 2.80. The van der Waals surface area contributed by atoms with Gasteiger partial charge in [0.15, 0.2) is 0 Å². The van der Waals surface area contributed by atoms with Crippen molar-refractivity contribution in [1.29, 1.82) is 0 Å². The maximum atomic E-state index is 12.8. The molecule has 0 fully saturated rings. The molecule has 0 bridgehead atoms. The van der Waals surface area contributed by atoms with Crippen LogP contribution in [0.5, 0.6) is 0 Å². The summed E-state index contributed by atoms with van der Waals surface area (Å²) in [6.45, 7) is 0. The Hall–Kier alpha value is -1.92. The Labute approximate surface area is 110 Å². The minimum atomic E-state index is -5.07. The summed E-state index contributed by atoms with van der Waals surface area (Å²) in [7, 11) is 1.54. The van der Waals surface area contributed by atoms with Gasteiger partial charge in [0.05, 0.1) is 17.3 Å². The third-order valence-corrected chi connectivity index (χ3v) is 2.80. The first-order valence-corrected chi connectivity index (χ1v) is 5.43. The molecule has 0 N–H and O–H groups in total. The zero-order valence-corrected chi connectivity index (χ0v) is 10.1. The van der Waals surface area contributed by atoms with E-state index in [1.54, 1.807) is 7.05 Å². The highest BCUT2D eigenvalue weighted by atomic mass is 19.4. The molecule has 0 amide bonds. The lowest BCUT2D eigenvalue weighted by Crippen LogP contribution is -2.16. The van der Waals surface area contributed by atoms with Crippen LogP contribution < -0.4 is 0 Å². The molecule has 0 unspecified atom stereocenters. The van der Waals surface area contributed by atoms with E-state index in [0.29, 0.717) is 17.8 Å². The second kappa shape index (κ2) is 4.57. The van der Waals surface area contributed by atoms with Crippen LogP contribution in [0.2, 0.25) is 0 Å². The van der Waals surface area contributed by atoms with Gasteiger partial charge in [-0.1, -0.05) is 6.07 Å². The standard InChI is InChI=1S/C13H8F6N/c1-20-6-2-3-11(20)8-4-5-9(12(14,15)16)10(7-8)13(17,18)19/h2-5,7H,1H3.